The number of carbonyl (C=O) groups excluding carboxylic acids is 1. The number of halogens is 1. The lowest BCUT2D eigenvalue weighted by atomic mass is 10.3. The van der Waals surface area contributed by atoms with Crippen molar-refractivity contribution in [2.75, 3.05) is 20.3 Å². The first-order valence-electron chi connectivity index (χ1n) is 6.10. The Hall–Kier alpha value is -0.880. The number of ether oxygens (including phenoxy) is 1. The molecule has 0 aliphatic carbocycles. The Morgan fingerprint density at radius 3 is 2.89 bits per heavy atom. The SMILES string of the molecule is CCc1cc(C(=O)NCC(Br)COC)n(CC)n1. The number of nitrogens with zero attached hydrogens (tertiary/aromatic N) is 2. The molecule has 0 bridgehead atoms. The normalized spacial score (nSPS) is 12.4. The van der Waals surface area contributed by atoms with E-state index < -0.39 is 0 Å². The van der Waals surface area contributed by atoms with Crippen LogP contribution in [-0.4, -0.2) is 40.8 Å². The molecule has 18 heavy (non-hydrogen) atoms. The molecule has 0 aliphatic heterocycles. The Labute approximate surface area is 116 Å². The summed E-state index contributed by atoms with van der Waals surface area (Å²) in [7, 11) is 1.63. The maximum atomic E-state index is 12.0. The van der Waals surface area contributed by atoms with E-state index in [2.05, 4.69) is 26.3 Å². The number of rotatable bonds is 7. The van der Waals surface area contributed by atoms with E-state index in [-0.39, 0.29) is 10.7 Å². The summed E-state index contributed by atoms with van der Waals surface area (Å²) in [6.07, 6.45) is 0.831. The topological polar surface area (TPSA) is 56.1 Å². The number of hydrogen-bond acceptors (Lipinski definition) is 3. The van der Waals surface area contributed by atoms with Gasteiger partial charge in [0.1, 0.15) is 5.69 Å². The molecule has 0 saturated carbocycles. The smallest absolute Gasteiger partial charge is 0.269 e. The van der Waals surface area contributed by atoms with Crippen molar-refractivity contribution in [3.8, 4) is 0 Å². The number of hydrogen-bond donors (Lipinski definition) is 1. The molecule has 0 radical (unpaired) electrons. The molecule has 0 fully saturated rings. The monoisotopic (exact) mass is 317 g/mol. The summed E-state index contributed by atoms with van der Waals surface area (Å²) in [5.41, 5.74) is 1.56. The van der Waals surface area contributed by atoms with Crippen LogP contribution in [0.3, 0.4) is 0 Å². The summed E-state index contributed by atoms with van der Waals surface area (Å²) in [6.45, 7) is 5.79. The molecule has 0 aliphatic rings. The average molecular weight is 318 g/mol. The van der Waals surface area contributed by atoms with Gasteiger partial charge >= 0.3 is 0 Å². The van der Waals surface area contributed by atoms with Crippen LogP contribution in [0.1, 0.15) is 30.0 Å². The highest BCUT2D eigenvalue weighted by Crippen LogP contribution is 2.06. The van der Waals surface area contributed by atoms with Gasteiger partial charge in [0.15, 0.2) is 0 Å². The van der Waals surface area contributed by atoms with Crippen molar-refractivity contribution in [1.29, 1.82) is 0 Å². The lowest BCUT2D eigenvalue weighted by molar-refractivity contribution is 0.0939. The van der Waals surface area contributed by atoms with Crippen LogP contribution in [0, 0.1) is 0 Å². The second-order valence-electron chi connectivity index (χ2n) is 3.95. The van der Waals surface area contributed by atoms with Gasteiger partial charge in [-0.1, -0.05) is 22.9 Å². The molecule has 6 heteroatoms. The molecule has 5 nitrogen and oxygen atoms in total. The number of aryl methyl sites for hydroxylation is 2. The van der Waals surface area contributed by atoms with Crippen molar-refractivity contribution in [2.24, 2.45) is 0 Å². The zero-order chi connectivity index (χ0) is 13.5. The van der Waals surface area contributed by atoms with Gasteiger partial charge in [-0.25, -0.2) is 0 Å². The maximum Gasteiger partial charge on any atom is 0.269 e. The minimum absolute atomic E-state index is 0.0930. The van der Waals surface area contributed by atoms with E-state index >= 15 is 0 Å². The zero-order valence-corrected chi connectivity index (χ0v) is 12.7. The third kappa shape index (κ3) is 4.10. The van der Waals surface area contributed by atoms with Gasteiger partial charge < -0.3 is 10.1 Å². The first-order valence-corrected chi connectivity index (χ1v) is 7.01. The van der Waals surface area contributed by atoms with Crippen molar-refractivity contribution >= 4 is 21.8 Å². The van der Waals surface area contributed by atoms with E-state index in [1.54, 1.807) is 11.8 Å². The molecule has 0 saturated heterocycles. The largest absolute Gasteiger partial charge is 0.383 e. The predicted octanol–water partition coefficient (Wildman–Crippen LogP) is 1.61. The van der Waals surface area contributed by atoms with E-state index in [4.69, 9.17) is 4.74 Å². The number of carbonyl (C=O) groups is 1. The molecule has 1 N–H and O–H groups in total. The summed E-state index contributed by atoms with van der Waals surface area (Å²) >= 11 is 3.43. The van der Waals surface area contributed by atoms with Gasteiger partial charge in [0.05, 0.1) is 17.1 Å². The standard InChI is InChI=1S/C12H20BrN3O2/c1-4-10-6-11(16(5-2)15-10)12(17)14-7-9(13)8-18-3/h6,9H,4-5,7-8H2,1-3H3,(H,14,17). The van der Waals surface area contributed by atoms with E-state index in [0.29, 0.717) is 25.4 Å². The molecule has 1 aromatic rings. The predicted molar refractivity (Wildman–Crippen MR) is 74.2 cm³/mol. The summed E-state index contributed by atoms with van der Waals surface area (Å²) in [6, 6.07) is 1.85. The van der Waals surface area contributed by atoms with Gasteiger partial charge in [0.25, 0.3) is 5.91 Å². The van der Waals surface area contributed by atoms with E-state index in [1.807, 2.05) is 19.9 Å². The van der Waals surface area contributed by atoms with Crippen LogP contribution in [-0.2, 0) is 17.7 Å². The van der Waals surface area contributed by atoms with Crippen LogP contribution in [0.5, 0.6) is 0 Å². The number of amides is 1. The second-order valence-corrected chi connectivity index (χ2v) is 5.25. The van der Waals surface area contributed by atoms with Crippen LogP contribution in [0.2, 0.25) is 0 Å². The molecule has 1 unspecified atom stereocenters. The Balaban J connectivity index is 2.63. The Morgan fingerprint density at radius 1 is 1.61 bits per heavy atom. The Morgan fingerprint density at radius 2 is 2.33 bits per heavy atom. The highest BCUT2D eigenvalue weighted by Gasteiger charge is 2.14. The maximum absolute atomic E-state index is 12.0. The number of nitrogens with one attached hydrogen (secondary N) is 1. The molecule has 0 aromatic carbocycles. The fourth-order valence-corrected chi connectivity index (χ4v) is 2.03. The molecule has 1 amide bonds. The third-order valence-corrected chi connectivity index (χ3v) is 3.14. The molecule has 0 spiro atoms. The van der Waals surface area contributed by atoms with E-state index in [0.717, 1.165) is 12.1 Å². The molecule has 1 rings (SSSR count). The number of methoxy groups -OCH3 is 1. The minimum atomic E-state index is -0.0930. The van der Waals surface area contributed by atoms with Crippen LogP contribution >= 0.6 is 15.9 Å². The fourth-order valence-electron chi connectivity index (χ4n) is 1.60. The summed E-state index contributed by atoms with van der Waals surface area (Å²) in [5, 5.41) is 7.22. The molecular weight excluding hydrogens is 298 g/mol. The van der Waals surface area contributed by atoms with E-state index in [9.17, 15) is 4.79 Å². The highest BCUT2D eigenvalue weighted by molar-refractivity contribution is 9.09. The van der Waals surface area contributed by atoms with Gasteiger partial charge in [0.2, 0.25) is 0 Å². The molecule has 1 heterocycles. The van der Waals surface area contributed by atoms with Crippen molar-refractivity contribution in [3.05, 3.63) is 17.5 Å². The van der Waals surface area contributed by atoms with Gasteiger partial charge in [-0.05, 0) is 19.4 Å². The first-order chi connectivity index (χ1) is 8.62. The molecular formula is C12H20BrN3O2. The van der Waals surface area contributed by atoms with Crippen molar-refractivity contribution in [1.82, 2.24) is 15.1 Å². The zero-order valence-electron chi connectivity index (χ0n) is 11.1. The minimum Gasteiger partial charge on any atom is -0.383 e. The van der Waals surface area contributed by atoms with Crippen molar-refractivity contribution < 1.29 is 9.53 Å². The quantitative estimate of drug-likeness (QED) is 0.777. The van der Waals surface area contributed by atoms with Gasteiger partial charge in [-0.2, -0.15) is 5.10 Å². The average Bonchev–Trinajstić information content (AvgIpc) is 2.79. The lowest BCUT2D eigenvalue weighted by Crippen LogP contribution is -2.32. The second kappa shape index (κ2) is 7.53. The molecule has 1 aromatic heterocycles. The third-order valence-electron chi connectivity index (χ3n) is 2.56. The van der Waals surface area contributed by atoms with Gasteiger partial charge in [-0.3, -0.25) is 9.48 Å². The van der Waals surface area contributed by atoms with Crippen LogP contribution in [0.4, 0.5) is 0 Å². The van der Waals surface area contributed by atoms with Crippen LogP contribution < -0.4 is 5.32 Å². The van der Waals surface area contributed by atoms with Crippen LogP contribution in [0.15, 0.2) is 6.07 Å². The number of alkyl halides is 1. The highest BCUT2D eigenvalue weighted by atomic mass is 79.9. The first kappa shape index (κ1) is 15.2. The van der Waals surface area contributed by atoms with Gasteiger partial charge in [-0.15, -0.1) is 0 Å². The molecule has 102 valence electrons. The fraction of sp³-hybridized carbons (Fsp3) is 0.667. The lowest BCUT2D eigenvalue weighted by Gasteiger charge is -2.10. The van der Waals surface area contributed by atoms with Crippen LogP contribution in [0.25, 0.3) is 0 Å². The summed E-state index contributed by atoms with van der Waals surface area (Å²) < 4.78 is 6.72. The summed E-state index contributed by atoms with van der Waals surface area (Å²) in [5.74, 6) is -0.0930. The summed E-state index contributed by atoms with van der Waals surface area (Å²) in [4.78, 5) is 12.1. The number of aromatic nitrogens is 2. The van der Waals surface area contributed by atoms with Crippen molar-refractivity contribution in [2.45, 2.75) is 31.6 Å². The van der Waals surface area contributed by atoms with E-state index in [1.165, 1.54) is 0 Å². The van der Waals surface area contributed by atoms with Gasteiger partial charge in [0, 0.05) is 20.2 Å². The molecule has 1 atom stereocenters. The van der Waals surface area contributed by atoms with Crippen molar-refractivity contribution in [3.63, 3.8) is 0 Å². The Kier molecular flexibility index (Phi) is 6.35. The Bertz CT molecular complexity index is 393.